The van der Waals surface area contributed by atoms with Gasteiger partial charge in [0.05, 0.1) is 56.4 Å². The second-order valence-electron chi connectivity index (χ2n) is 13.1. The van der Waals surface area contributed by atoms with E-state index in [0.29, 0.717) is 46.8 Å². The summed E-state index contributed by atoms with van der Waals surface area (Å²) in [5, 5.41) is 9.19. The number of pyridine rings is 2. The molecule has 1 saturated heterocycles. The van der Waals surface area contributed by atoms with Crippen LogP contribution in [-0.2, 0) is 20.4 Å². The number of H-pyrrole nitrogens is 2. The highest BCUT2D eigenvalue weighted by molar-refractivity contribution is 6.01. The molecule has 1 fully saturated rings. The van der Waals surface area contributed by atoms with Crippen LogP contribution in [0.15, 0.2) is 53.7 Å². The van der Waals surface area contributed by atoms with Crippen molar-refractivity contribution in [1.29, 1.82) is 0 Å². The highest BCUT2D eigenvalue weighted by Crippen LogP contribution is 2.41. The second-order valence-corrected chi connectivity index (χ2v) is 13.1. The standard InChI is InChI=1S/C35H34F6N10O4/c1-18-3-8-27(51(18)20-4-6-24-22(13-20)23(34(36,37)38)14-28(52)47-24)30(35(39,40)41)55-12-11-54-10-9-50-29(53)16-43-32-33(50)48-26(15-42-32)21-5-7-25(46-19(21)2)31-44-17-45-49-31/h4-7,13-15,17-18,27,30H,3,8-12,16H2,1-2H3,(H,42,43)(H,47,52)(H,44,45,49)/t18-,27?,30?/m0/s1. The highest BCUT2D eigenvalue weighted by atomic mass is 19.4. The van der Waals surface area contributed by atoms with Crippen molar-refractivity contribution in [2.75, 3.05) is 48.0 Å². The predicted molar refractivity (Wildman–Crippen MR) is 187 cm³/mol. The number of hydrogen-bond donors (Lipinski definition) is 3. The Morgan fingerprint density at radius 3 is 2.51 bits per heavy atom. The van der Waals surface area contributed by atoms with Crippen molar-refractivity contribution in [1.82, 2.24) is 35.1 Å². The molecule has 7 rings (SSSR count). The molecule has 20 heteroatoms. The van der Waals surface area contributed by atoms with Crippen LogP contribution in [0.4, 0.5) is 43.7 Å². The molecule has 0 saturated carbocycles. The normalized spacial score (nSPS) is 18.1. The number of nitrogens with one attached hydrogen (secondary N) is 3. The number of fused-ring (bicyclic) bond motifs is 2. The fraction of sp³-hybridized carbons (Fsp3) is 0.400. The minimum Gasteiger partial charge on any atom is -0.377 e. The number of rotatable bonds is 11. The summed E-state index contributed by atoms with van der Waals surface area (Å²) in [7, 11) is 0. The van der Waals surface area contributed by atoms with Crippen LogP contribution >= 0.6 is 0 Å². The number of halogens is 6. The average molecular weight is 773 g/mol. The summed E-state index contributed by atoms with van der Waals surface area (Å²) in [6, 6.07) is 6.07. The van der Waals surface area contributed by atoms with Crippen LogP contribution in [0.1, 0.15) is 31.0 Å². The maximum atomic E-state index is 14.5. The fourth-order valence-corrected chi connectivity index (χ4v) is 7.03. The molecule has 4 aromatic heterocycles. The third kappa shape index (κ3) is 7.81. The number of nitrogens with zero attached hydrogens (tertiary/aromatic N) is 7. The lowest BCUT2D eigenvalue weighted by Gasteiger charge is -2.36. The van der Waals surface area contributed by atoms with Crippen LogP contribution in [0.3, 0.4) is 0 Å². The summed E-state index contributed by atoms with van der Waals surface area (Å²) in [6.07, 6.45) is -8.64. The second kappa shape index (κ2) is 14.9. The largest absolute Gasteiger partial charge is 0.417 e. The van der Waals surface area contributed by atoms with Gasteiger partial charge >= 0.3 is 12.4 Å². The number of carbonyl (C=O) groups excluding carboxylic acids is 1. The molecule has 0 spiro atoms. The van der Waals surface area contributed by atoms with Crippen LogP contribution in [0.25, 0.3) is 33.7 Å². The lowest BCUT2D eigenvalue weighted by Crippen LogP contribution is -2.50. The Morgan fingerprint density at radius 2 is 1.78 bits per heavy atom. The van der Waals surface area contributed by atoms with E-state index in [4.69, 9.17) is 9.47 Å². The molecule has 0 radical (unpaired) electrons. The van der Waals surface area contributed by atoms with E-state index in [0.717, 1.165) is 6.07 Å². The van der Waals surface area contributed by atoms with Crippen molar-refractivity contribution in [2.24, 2.45) is 0 Å². The SMILES string of the molecule is Cc1nc(-c2ncn[nH]2)ccc1-c1cnc2c(n1)N(CCOCCOC(C1CC[C@H](C)N1c1ccc3[nH]c(=O)cc(C(F)(F)F)c3c1)C(F)(F)F)C(=O)CN2. The van der Waals surface area contributed by atoms with Crippen molar-refractivity contribution in [3.05, 3.63) is 70.5 Å². The first kappa shape index (κ1) is 37.7. The molecule has 1 amide bonds. The van der Waals surface area contributed by atoms with Gasteiger partial charge in [-0.3, -0.25) is 19.6 Å². The van der Waals surface area contributed by atoms with Gasteiger partial charge in [0, 0.05) is 40.0 Å². The van der Waals surface area contributed by atoms with Crippen LogP contribution in [0.5, 0.6) is 0 Å². The van der Waals surface area contributed by atoms with Crippen LogP contribution in [0.2, 0.25) is 0 Å². The molecule has 290 valence electrons. The molecule has 0 bridgehead atoms. The molecule has 3 N–H and O–H groups in total. The van der Waals surface area contributed by atoms with Gasteiger partial charge in [-0.05, 0) is 57.0 Å². The maximum absolute atomic E-state index is 14.5. The van der Waals surface area contributed by atoms with Crippen molar-refractivity contribution in [3.63, 3.8) is 0 Å². The number of alkyl halides is 6. The number of hydrogen-bond acceptors (Lipinski definition) is 11. The zero-order valence-electron chi connectivity index (χ0n) is 29.3. The van der Waals surface area contributed by atoms with E-state index in [1.54, 1.807) is 32.2 Å². The third-order valence-corrected chi connectivity index (χ3v) is 9.54. The van der Waals surface area contributed by atoms with Gasteiger partial charge in [0.1, 0.15) is 12.0 Å². The Kier molecular flexibility index (Phi) is 10.2. The first-order chi connectivity index (χ1) is 26.2. The summed E-state index contributed by atoms with van der Waals surface area (Å²) in [5.41, 5.74) is 0.246. The van der Waals surface area contributed by atoms with Crippen molar-refractivity contribution >= 4 is 34.1 Å². The number of aromatic nitrogens is 7. The smallest absolute Gasteiger partial charge is 0.377 e. The molecule has 2 aliphatic rings. The Morgan fingerprint density at radius 1 is 0.964 bits per heavy atom. The molecule has 5 aromatic rings. The van der Waals surface area contributed by atoms with Gasteiger partial charge < -0.3 is 24.7 Å². The monoisotopic (exact) mass is 772 g/mol. The van der Waals surface area contributed by atoms with E-state index in [2.05, 4.69) is 40.4 Å². The Bertz CT molecular complexity index is 2250. The number of aromatic amines is 2. The number of ether oxygens (including phenoxy) is 2. The third-order valence-electron chi connectivity index (χ3n) is 9.54. The molecule has 2 unspecified atom stereocenters. The summed E-state index contributed by atoms with van der Waals surface area (Å²) < 4.78 is 96.0. The van der Waals surface area contributed by atoms with Crippen LogP contribution in [0, 0.1) is 6.92 Å². The number of aryl methyl sites for hydroxylation is 1. The zero-order valence-corrected chi connectivity index (χ0v) is 29.3. The molecule has 14 nitrogen and oxygen atoms in total. The maximum Gasteiger partial charge on any atom is 0.417 e. The van der Waals surface area contributed by atoms with E-state index in [1.807, 2.05) is 0 Å². The van der Waals surface area contributed by atoms with Gasteiger partial charge in [-0.1, -0.05) is 0 Å². The average Bonchev–Trinajstić information content (AvgIpc) is 3.81. The molecule has 6 heterocycles. The summed E-state index contributed by atoms with van der Waals surface area (Å²) in [6.45, 7) is 2.71. The number of carbonyl (C=O) groups is 1. The Hall–Kier alpha value is -5.63. The first-order valence-corrected chi connectivity index (χ1v) is 17.2. The molecular weight excluding hydrogens is 738 g/mol. The van der Waals surface area contributed by atoms with E-state index < -0.39 is 48.3 Å². The number of amides is 1. The minimum absolute atomic E-state index is 0.0249. The molecule has 1 aromatic carbocycles. The molecular formula is C35H34F6N10O4. The quantitative estimate of drug-likeness (QED) is 0.118. The van der Waals surface area contributed by atoms with E-state index >= 15 is 0 Å². The summed E-state index contributed by atoms with van der Waals surface area (Å²) in [5.74, 6) is 0.800. The van der Waals surface area contributed by atoms with E-state index in [1.165, 1.54) is 28.3 Å². The topological polar surface area (TPSA) is 167 Å². The number of benzene rings is 1. The summed E-state index contributed by atoms with van der Waals surface area (Å²) >= 11 is 0. The van der Waals surface area contributed by atoms with Crippen LogP contribution in [-0.4, -0.2) is 98.3 Å². The van der Waals surface area contributed by atoms with E-state index in [-0.39, 0.29) is 61.0 Å². The van der Waals surface area contributed by atoms with Crippen LogP contribution < -0.4 is 20.7 Å². The van der Waals surface area contributed by atoms with Gasteiger partial charge in [-0.25, -0.2) is 19.9 Å². The van der Waals surface area contributed by atoms with E-state index in [9.17, 15) is 35.9 Å². The predicted octanol–water partition coefficient (Wildman–Crippen LogP) is 5.27. The Labute approximate surface area is 308 Å². The van der Waals surface area contributed by atoms with Crippen molar-refractivity contribution in [2.45, 2.75) is 57.2 Å². The highest BCUT2D eigenvalue weighted by Gasteiger charge is 2.51. The van der Waals surface area contributed by atoms with Crippen molar-refractivity contribution in [3.8, 4) is 22.8 Å². The number of anilines is 3. The van der Waals surface area contributed by atoms with Gasteiger partial charge in [-0.2, -0.15) is 31.4 Å². The van der Waals surface area contributed by atoms with Gasteiger partial charge in [-0.15, -0.1) is 0 Å². The Balaban J connectivity index is 1.00. The van der Waals surface area contributed by atoms with Gasteiger partial charge in [0.2, 0.25) is 11.5 Å². The lowest BCUT2D eigenvalue weighted by atomic mass is 10.0. The van der Waals surface area contributed by atoms with Gasteiger partial charge in [0.15, 0.2) is 23.6 Å². The molecule has 0 aliphatic carbocycles. The fourth-order valence-electron chi connectivity index (χ4n) is 7.03. The minimum atomic E-state index is -4.86. The van der Waals surface area contributed by atoms with Crippen molar-refractivity contribution < 1.29 is 40.6 Å². The molecule has 55 heavy (non-hydrogen) atoms. The molecule has 3 atom stereocenters. The first-order valence-electron chi connectivity index (χ1n) is 17.2. The summed E-state index contributed by atoms with van der Waals surface area (Å²) in [4.78, 5) is 47.7. The lowest BCUT2D eigenvalue weighted by molar-refractivity contribution is -0.228. The zero-order chi connectivity index (χ0) is 39.1. The van der Waals surface area contributed by atoms with Gasteiger partial charge in [0.25, 0.3) is 0 Å². The molecule has 2 aliphatic heterocycles.